The first-order valence-electron chi connectivity index (χ1n) is 4.18. The summed E-state index contributed by atoms with van der Waals surface area (Å²) in [6, 6.07) is 0. The average molecular weight is 200 g/mol. The van der Waals surface area contributed by atoms with Crippen molar-refractivity contribution in [3.8, 4) is 0 Å². The van der Waals surface area contributed by atoms with Gasteiger partial charge in [0.05, 0.1) is 0 Å². The average Bonchev–Trinajstić information content (AvgIpc) is 2.31. The van der Waals surface area contributed by atoms with E-state index in [0.717, 1.165) is 11.1 Å². The van der Waals surface area contributed by atoms with Gasteiger partial charge in [-0.25, -0.2) is 0 Å². The Balaban J connectivity index is 2.70. The largest absolute Gasteiger partial charge is 0.356 e. The normalized spacial score (nSPS) is 11.5. The van der Waals surface area contributed by atoms with E-state index in [1.807, 2.05) is 19.0 Å². The summed E-state index contributed by atoms with van der Waals surface area (Å²) in [4.78, 5) is 6.21. The SMILES string of the molecule is CN(C)c1nsc(NC(C)(C)C)n1. The second kappa shape index (κ2) is 3.49. The lowest BCUT2D eigenvalue weighted by Gasteiger charge is -2.18. The minimum absolute atomic E-state index is 0.0448. The van der Waals surface area contributed by atoms with Crippen molar-refractivity contribution in [3.63, 3.8) is 0 Å². The van der Waals surface area contributed by atoms with Crippen LogP contribution in [-0.4, -0.2) is 29.0 Å². The third-order valence-electron chi connectivity index (χ3n) is 1.30. The smallest absolute Gasteiger partial charge is 0.238 e. The van der Waals surface area contributed by atoms with Crippen LogP contribution in [0.25, 0.3) is 0 Å². The van der Waals surface area contributed by atoms with Gasteiger partial charge in [-0.15, -0.1) is 0 Å². The molecule has 0 saturated carbocycles. The van der Waals surface area contributed by atoms with E-state index in [0.29, 0.717) is 0 Å². The molecular formula is C8H16N4S. The molecule has 74 valence electrons. The quantitative estimate of drug-likeness (QED) is 0.790. The molecule has 0 bridgehead atoms. The predicted octanol–water partition coefficient (Wildman–Crippen LogP) is 1.81. The summed E-state index contributed by atoms with van der Waals surface area (Å²) in [5.41, 5.74) is 0.0448. The first-order chi connectivity index (χ1) is 5.88. The number of nitrogens with zero attached hydrogens (tertiary/aromatic N) is 3. The molecule has 0 aromatic carbocycles. The Hall–Kier alpha value is -0.840. The first kappa shape index (κ1) is 10.2. The molecule has 1 aromatic rings. The molecule has 1 N–H and O–H groups in total. The molecule has 0 unspecified atom stereocenters. The molecule has 0 saturated heterocycles. The van der Waals surface area contributed by atoms with Gasteiger partial charge in [0.25, 0.3) is 0 Å². The number of rotatable bonds is 2. The highest BCUT2D eigenvalue weighted by molar-refractivity contribution is 7.09. The van der Waals surface area contributed by atoms with Crippen molar-refractivity contribution in [3.05, 3.63) is 0 Å². The van der Waals surface area contributed by atoms with Crippen molar-refractivity contribution < 1.29 is 0 Å². The lowest BCUT2D eigenvalue weighted by molar-refractivity contribution is 0.633. The fraction of sp³-hybridized carbons (Fsp3) is 0.750. The second-order valence-corrected chi connectivity index (χ2v) is 4.92. The summed E-state index contributed by atoms with van der Waals surface area (Å²) >= 11 is 1.39. The first-order valence-corrected chi connectivity index (χ1v) is 4.95. The molecule has 0 aliphatic carbocycles. The molecule has 0 aliphatic heterocycles. The van der Waals surface area contributed by atoms with Crippen molar-refractivity contribution in [1.29, 1.82) is 0 Å². The van der Waals surface area contributed by atoms with Gasteiger partial charge < -0.3 is 10.2 Å². The van der Waals surface area contributed by atoms with E-state index in [2.05, 4.69) is 35.4 Å². The highest BCUT2D eigenvalue weighted by Crippen LogP contribution is 2.19. The van der Waals surface area contributed by atoms with E-state index in [1.165, 1.54) is 11.5 Å². The Morgan fingerprint density at radius 2 is 1.92 bits per heavy atom. The number of aromatic nitrogens is 2. The van der Waals surface area contributed by atoms with Crippen LogP contribution in [0.1, 0.15) is 20.8 Å². The number of hydrogen-bond donors (Lipinski definition) is 1. The van der Waals surface area contributed by atoms with Crippen molar-refractivity contribution in [2.45, 2.75) is 26.3 Å². The zero-order valence-corrected chi connectivity index (χ0v) is 9.57. The maximum absolute atomic E-state index is 4.32. The maximum atomic E-state index is 4.32. The van der Waals surface area contributed by atoms with Gasteiger partial charge in [0.1, 0.15) is 0 Å². The predicted molar refractivity (Wildman–Crippen MR) is 57.6 cm³/mol. The van der Waals surface area contributed by atoms with Gasteiger partial charge in [-0.1, -0.05) is 0 Å². The molecule has 1 aromatic heterocycles. The Morgan fingerprint density at radius 3 is 2.31 bits per heavy atom. The van der Waals surface area contributed by atoms with Crippen LogP contribution in [-0.2, 0) is 0 Å². The molecule has 0 atom stereocenters. The zero-order valence-electron chi connectivity index (χ0n) is 8.75. The monoisotopic (exact) mass is 200 g/mol. The molecule has 1 rings (SSSR count). The highest BCUT2D eigenvalue weighted by atomic mass is 32.1. The van der Waals surface area contributed by atoms with Gasteiger partial charge in [0.2, 0.25) is 11.1 Å². The van der Waals surface area contributed by atoms with Gasteiger partial charge >= 0.3 is 0 Å². The summed E-state index contributed by atoms with van der Waals surface area (Å²) in [7, 11) is 3.87. The van der Waals surface area contributed by atoms with Gasteiger partial charge in [-0.3, -0.25) is 0 Å². The summed E-state index contributed by atoms with van der Waals surface area (Å²) in [5.74, 6) is 0.761. The molecule has 0 radical (unpaired) electrons. The Labute approximate surface area is 83.2 Å². The molecule has 0 spiro atoms. The van der Waals surface area contributed by atoms with Crippen molar-refractivity contribution >= 4 is 22.6 Å². The van der Waals surface area contributed by atoms with E-state index < -0.39 is 0 Å². The minimum Gasteiger partial charge on any atom is -0.356 e. The molecule has 0 fully saturated rings. The molecule has 0 aliphatic rings. The Kier molecular flexibility index (Phi) is 2.75. The van der Waals surface area contributed by atoms with Crippen molar-refractivity contribution in [2.24, 2.45) is 0 Å². The summed E-state index contributed by atoms with van der Waals surface area (Å²) in [6.45, 7) is 6.30. The van der Waals surface area contributed by atoms with Crippen LogP contribution < -0.4 is 10.2 Å². The fourth-order valence-electron chi connectivity index (χ4n) is 0.769. The van der Waals surface area contributed by atoms with Crippen LogP contribution >= 0.6 is 11.5 Å². The summed E-state index contributed by atoms with van der Waals surface area (Å²) < 4.78 is 4.19. The van der Waals surface area contributed by atoms with Crippen LogP contribution in [0.3, 0.4) is 0 Å². The van der Waals surface area contributed by atoms with Gasteiger partial charge in [-0.05, 0) is 20.8 Å². The Morgan fingerprint density at radius 1 is 1.31 bits per heavy atom. The molecule has 5 heteroatoms. The van der Waals surface area contributed by atoms with Crippen molar-refractivity contribution in [1.82, 2.24) is 9.36 Å². The van der Waals surface area contributed by atoms with Crippen LogP contribution in [0.15, 0.2) is 0 Å². The van der Waals surface area contributed by atoms with Crippen molar-refractivity contribution in [2.75, 3.05) is 24.3 Å². The zero-order chi connectivity index (χ0) is 10.1. The summed E-state index contributed by atoms with van der Waals surface area (Å²) in [5, 5.41) is 4.15. The molecule has 1 heterocycles. The fourth-order valence-corrected chi connectivity index (χ4v) is 1.62. The molecular weight excluding hydrogens is 184 g/mol. The second-order valence-electron chi connectivity index (χ2n) is 4.17. The standard InChI is InChI=1S/C8H16N4S/c1-8(2,3)10-7-9-6(11-13-7)12(4)5/h1-5H3,(H,9,10,11). The summed E-state index contributed by atoms with van der Waals surface area (Å²) in [6.07, 6.45) is 0. The molecule has 13 heavy (non-hydrogen) atoms. The topological polar surface area (TPSA) is 41.1 Å². The third-order valence-corrected chi connectivity index (χ3v) is 1.92. The Bertz CT molecular complexity index is 274. The van der Waals surface area contributed by atoms with Gasteiger partial charge in [0.15, 0.2) is 0 Å². The van der Waals surface area contributed by atoms with E-state index in [-0.39, 0.29) is 5.54 Å². The minimum atomic E-state index is 0.0448. The highest BCUT2D eigenvalue weighted by Gasteiger charge is 2.13. The lowest BCUT2D eigenvalue weighted by Crippen LogP contribution is -2.25. The molecule has 4 nitrogen and oxygen atoms in total. The third kappa shape index (κ3) is 3.18. The van der Waals surface area contributed by atoms with Crippen LogP contribution in [0.4, 0.5) is 11.1 Å². The van der Waals surface area contributed by atoms with E-state index in [1.54, 1.807) is 0 Å². The lowest BCUT2D eigenvalue weighted by atomic mass is 10.1. The number of anilines is 2. The molecule has 0 amide bonds. The van der Waals surface area contributed by atoms with Gasteiger partial charge in [-0.2, -0.15) is 9.36 Å². The number of hydrogen-bond acceptors (Lipinski definition) is 5. The van der Waals surface area contributed by atoms with Gasteiger partial charge in [0, 0.05) is 31.2 Å². The van der Waals surface area contributed by atoms with E-state index in [4.69, 9.17) is 0 Å². The van der Waals surface area contributed by atoms with Crippen LogP contribution in [0.5, 0.6) is 0 Å². The van der Waals surface area contributed by atoms with E-state index >= 15 is 0 Å². The van der Waals surface area contributed by atoms with Crippen LogP contribution in [0.2, 0.25) is 0 Å². The van der Waals surface area contributed by atoms with Crippen LogP contribution in [0, 0.1) is 0 Å². The number of nitrogens with one attached hydrogen (secondary N) is 1. The maximum Gasteiger partial charge on any atom is 0.238 e. The van der Waals surface area contributed by atoms with E-state index in [9.17, 15) is 0 Å².